The lowest BCUT2D eigenvalue weighted by molar-refractivity contribution is 1.26. The van der Waals surface area contributed by atoms with Crippen LogP contribution in [0.1, 0.15) is 11.1 Å². The normalized spacial score (nSPS) is 11.4. The van der Waals surface area contributed by atoms with Gasteiger partial charge in [-0.1, -0.05) is 182 Å². The molecule has 0 aliphatic heterocycles. The Morgan fingerprint density at radius 2 is 0.540 bits per heavy atom. The van der Waals surface area contributed by atoms with E-state index in [-0.39, 0.29) is 0 Å². The van der Waals surface area contributed by atoms with Crippen molar-refractivity contribution in [1.82, 2.24) is 0 Å². The van der Waals surface area contributed by atoms with E-state index in [0.29, 0.717) is 0 Å². The summed E-state index contributed by atoms with van der Waals surface area (Å²) in [5.74, 6) is 0. The molecule has 298 valence electrons. The number of para-hydroxylation sites is 4. The SMILES string of the molecule is c1ccc(-c2ccccc2N(c2ccccc2)c2ccc(-c3ccc4c(c3)-c3cc(-c5ccc(N(c6ccccc6)c6ccccc6-c6ccccc6)cc5)ccc3C4)cc2)cc1. The minimum atomic E-state index is 0.947. The molecule has 0 radical (unpaired) electrons. The predicted octanol–water partition coefficient (Wildman–Crippen LogP) is 16.9. The van der Waals surface area contributed by atoms with Gasteiger partial charge in [-0.25, -0.2) is 0 Å². The number of benzene rings is 10. The zero-order chi connectivity index (χ0) is 42.0. The highest BCUT2D eigenvalue weighted by Gasteiger charge is 2.22. The molecule has 0 N–H and O–H groups in total. The first-order valence-electron chi connectivity index (χ1n) is 21.7. The Hall–Kier alpha value is -8.20. The van der Waals surface area contributed by atoms with Crippen molar-refractivity contribution in [2.45, 2.75) is 6.42 Å². The summed E-state index contributed by atoms with van der Waals surface area (Å²) in [6.07, 6.45) is 0.947. The molecule has 1 aliphatic carbocycles. The van der Waals surface area contributed by atoms with E-state index in [9.17, 15) is 0 Å². The smallest absolute Gasteiger partial charge is 0.0540 e. The molecule has 0 fully saturated rings. The van der Waals surface area contributed by atoms with Crippen molar-refractivity contribution in [3.8, 4) is 55.6 Å². The summed E-state index contributed by atoms with van der Waals surface area (Å²) >= 11 is 0. The van der Waals surface area contributed by atoms with E-state index in [2.05, 4.69) is 265 Å². The van der Waals surface area contributed by atoms with Crippen molar-refractivity contribution in [1.29, 1.82) is 0 Å². The first-order valence-corrected chi connectivity index (χ1v) is 21.7. The summed E-state index contributed by atoms with van der Waals surface area (Å²) in [7, 11) is 0. The molecule has 63 heavy (non-hydrogen) atoms. The van der Waals surface area contributed by atoms with Gasteiger partial charge in [0.05, 0.1) is 11.4 Å². The quantitative estimate of drug-likeness (QED) is 0.136. The van der Waals surface area contributed by atoms with Crippen LogP contribution in [-0.4, -0.2) is 0 Å². The summed E-state index contributed by atoms with van der Waals surface area (Å²) in [5, 5.41) is 0. The molecule has 2 nitrogen and oxygen atoms in total. The van der Waals surface area contributed by atoms with Crippen molar-refractivity contribution in [3.05, 3.63) is 266 Å². The van der Waals surface area contributed by atoms with Crippen LogP contribution < -0.4 is 9.80 Å². The molecule has 0 unspecified atom stereocenters. The molecule has 11 rings (SSSR count). The fourth-order valence-corrected chi connectivity index (χ4v) is 9.20. The zero-order valence-corrected chi connectivity index (χ0v) is 34.9. The molecule has 0 aromatic heterocycles. The van der Waals surface area contributed by atoms with E-state index < -0.39 is 0 Å². The molecule has 0 spiro atoms. The fourth-order valence-electron chi connectivity index (χ4n) is 9.20. The average molecular weight is 805 g/mol. The minimum Gasteiger partial charge on any atom is -0.310 e. The predicted molar refractivity (Wildman–Crippen MR) is 266 cm³/mol. The van der Waals surface area contributed by atoms with Gasteiger partial charge in [-0.3, -0.25) is 0 Å². The molecule has 0 saturated heterocycles. The number of anilines is 6. The topological polar surface area (TPSA) is 6.48 Å². The van der Waals surface area contributed by atoms with Gasteiger partial charge in [0.2, 0.25) is 0 Å². The molecular formula is C61H44N2. The first kappa shape index (κ1) is 37.8. The van der Waals surface area contributed by atoms with E-state index in [4.69, 9.17) is 0 Å². The molecule has 2 heteroatoms. The van der Waals surface area contributed by atoms with Crippen LogP contribution in [0.5, 0.6) is 0 Å². The molecule has 1 aliphatic rings. The summed E-state index contributed by atoms with van der Waals surface area (Å²) < 4.78 is 0. The van der Waals surface area contributed by atoms with Crippen molar-refractivity contribution < 1.29 is 0 Å². The highest BCUT2D eigenvalue weighted by Crippen LogP contribution is 2.45. The zero-order valence-electron chi connectivity index (χ0n) is 34.9. The Morgan fingerprint density at radius 3 is 0.937 bits per heavy atom. The van der Waals surface area contributed by atoms with Gasteiger partial charge in [0, 0.05) is 33.9 Å². The van der Waals surface area contributed by atoms with Gasteiger partial charge in [-0.05, 0) is 135 Å². The standard InChI is InChI=1S/C61H44N2/c1-5-17-46(18-6-1)56-25-13-15-27-60(56)62(52-21-9-3-10-22-52)54-37-33-44(34-38-54)48-29-31-50-41-51-32-30-49(43-59(51)58(50)42-48)45-35-39-55(40-36-45)63(53-23-11-4-12-24-53)61-28-16-14-26-57(61)47-19-7-2-8-20-47/h1-40,42-43H,41H2. The van der Waals surface area contributed by atoms with E-state index >= 15 is 0 Å². The molecule has 0 amide bonds. The van der Waals surface area contributed by atoms with Gasteiger partial charge in [0.25, 0.3) is 0 Å². The Balaban J connectivity index is 0.903. The summed E-state index contributed by atoms with van der Waals surface area (Å²) in [5.41, 5.74) is 21.7. The van der Waals surface area contributed by atoms with Crippen molar-refractivity contribution >= 4 is 34.1 Å². The maximum Gasteiger partial charge on any atom is 0.0540 e. The Labute approximate surface area is 370 Å². The van der Waals surface area contributed by atoms with Gasteiger partial charge in [-0.15, -0.1) is 0 Å². The van der Waals surface area contributed by atoms with E-state index in [1.807, 2.05) is 0 Å². The van der Waals surface area contributed by atoms with Gasteiger partial charge in [-0.2, -0.15) is 0 Å². The largest absolute Gasteiger partial charge is 0.310 e. The van der Waals surface area contributed by atoms with Gasteiger partial charge >= 0.3 is 0 Å². The Kier molecular flexibility index (Phi) is 10.0. The summed E-state index contributed by atoms with van der Waals surface area (Å²) in [6.45, 7) is 0. The van der Waals surface area contributed by atoms with Crippen molar-refractivity contribution in [2.75, 3.05) is 9.80 Å². The number of hydrogen-bond donors (Lipinski definition) is 0. The van der Waals surface area contributed by atoms with Crippen LogP contribution in [0.15, 0.2) is 255 Å². The lowest BCUT2D eigenvalue weighted by Crippen LogP contribution is -2.11. The van der Waals surface area contributed by atoms with Crippen LogP contribution in [0.25, 0.3) is 55.6 Å². The second kappa shape index (κ2) is 16.7. The van der Waals surface area contributed by atoms with Gasteiger partial charge in [0.15, 0.2) is 0 Å². The summed E-state index contributed by atoms with van der Waals surface area (Å²) in [4.78, 5) is 4.73. The van der Waals surface area contributed by atoms with Gasteiger partial charge in [0.1, 0.15) is 0 Å². The monoisotopic (exact) mass is 804 g/mol. The third-order valence-corrected chi connectivity index (χ3v) is 12.3. The molecule has 0 heterocycles. The van der Waals surface area contributed by atoms with E-state index in [1.165, 1.54) is 66.8 Å². The maximum atomic E-state index is 2.39. The minimum absolute atomic E-state index is 0.947. The highest BCUT2D eigenvalue weighted by atomic mass is 15.1. The average Bonchev–Trinajstić information content (AvgIpc) is 3.73. The first-order chi connectivity index (χ1) is 31.2. The molecule has 0 bridgehead atoms. The maximum absolute atomic E-state index is 2.39. The van der Waals surface area contributed by atoms with Crippen molar-refractivity contribution in [2.24, 2.45) is 0 Å². The molecule has 10 aromatic carbocycles. The number of nitrogens with zero attached hydrogens (tertiary/aromatic N) is 2. The highest BCUT2D eigenvalue weighted by molar-refractivity contribution is 5.91. The molecule has 10 aromatic rings. The van der Waals surface area contributed by atoms with E-state index in [1.54, 1.807) is 0 Å². The van der Waals surface area contributed by atoms with Crippen LogP contribution in [0, 0.1) is 0 Å². The Morgan fingerprint density at radius 1 is 0.222 bits per heavy atom. The fraction of sp³-hybridized carbons (Fsp3) is 0.0164. The van der Waals surface area contributed by atoms with Crippen LogP contribution >= 0.6 is 0 Å². The Bertz CT molecular complexity index is 2940. The lowest BCUT2D eigenvalue weighted by Gasteiger charge is -2.28. The van der Waals surface area contributed by atoms with Crippen LogP contribution in [-0.2, 0) is 6.42 Å². The number of fused-ring (bicyclic) bond motifs is 3. The van der Waals surface area contributed by atoms with Gasteiger partial charge < -0.3 is 9.80 Å². The van der Waals surface area contributed by atoms with Crippen LogP contribution in [0.4, 0.5) is 34.1 Å². The van der Waals surface area contributed by atoms with Crippen LogP contribution in [0.2, 0.25) is 0 Å². The van der Waals surface area contributed by atoms with Crippen molar-refractivity contribution in [3.63, 3.8) is 0 Å². The third kappa shape index (κ3) is 7.39. The number of rotatable bonds is 10. The third-order valence-electron chi connectivity index (χ3n) is 12.3. The molecule has 0 saturated carbocycles. The van der Waals surface area contributed by atoms with E-state index in [0.717, 1.165) is 40.5 Å². The van der Waals surface area contributed by atoms with Crippen LogP contribution in [0.3, 0.4) is 0 Å². The second-order valence-corrected chi connectivity index (χ2v) is 16.1. The molecule has 0 atom stereocenters. The second-order valence-electron chi connectivity index (χ2n) is 16.1. The molecular weight excluding hydrogens is 761 g/mol. The summed E-state index contributed by atoms with van der Waals surface area (Å²) in [6, 6.07) is 92.1. The lowest BCUT2D eigenvalue weighted by atomic mass is 9.96. The number of hydrogen-bond acceptors (Lipinski definition) is 2.